The second kappa shape index (κ2) is 4.90. The predicted molar refractivity (Wildman–Crippen MR) is 70.2 cm³/mol. The summed E-state index contributed by atoms with van der Waals surface area (Å²) in [7, 11) is 1.66. The second-order valence-electron chi connectivity index (χ2n) is 3.42. The van der Waals surface area contributed by atoms with Gasteiger partial charge in [-0.3, -0.25) is 0 Å². The number of rotatable bonds is 3. The van der Waals surface area contributed by atoms with Gasteiger partial charge in [0.1, 0.15) is 5.75 Å². The molecule has 1 nitrogen and oxygen atoms in total. The van der Waals surface area contributed by atoms with Crippen molar-refractivity contribution in [3.8, 4) is 5.75 Å². The maximum Gasteiger partial charge on any atom is 0.118 e. The van der Waals surface area contributed by atoms with Crippen molar-refractivity contribution in [3.63, 3.8) is 0 Å². The Hall–Kier alpha value is -1.67. The molecule has 0 unspecified atom stereocenters. The number of hydrogen-bond acceptors (Lipinski definition) is 2. The van der Waals surface area contributed by atoms with Crippen LogP contribution in [0.2, 0.25) is 0 Å². The molecule has 2 rings (SSSR count). The van der Waals surface area contributed by atoms with Crippen LogP contribution in [-0.4, -0.2) is 12.0 Å². The van der Waals surface area contributed by atoms with E-state index in [4.69, 9.17) is 17.0 Å². The van der Waals surface area contributed by atoms with Gasteiger partial charge < -0.3 is 4.74 Å². The molecule has 0 radical (unpaired) electrons. The van der Waals surface area contributed by atoms with Crippen molar-refractivity contribution in [2.75, 3.05) is 7.11 Å². The van der Waals surface area contributed by atoms with Crippen molar-refractivity contribution in [2.24, 2.45) is 0 Å². The van der Waals surface area contributed by atoms with E-state index in [1.807, 2.05) is 54.6 Å². The first-order valence-electron chi connectivity index (χ1n) is 5.05. The lowest BCUT2D eigenvalue weighted by Crippen LogP contribution is -1.98. The minimum absolute atomic E-state index is 0.847. The van der Waals surface area contributed by atoms with E-state index in [2.05, 4.69) is 0 Å². The van der Waals surface area contributed by atoms with Crippen LogP contribution in [0.15, 0.2) is 54.6 Å². The molecule has 0 saturated carbocycles. The SMILES string of the molecule is COc1ccc(C(=S)c2ccccc2)cc1. The summed E-state index contributed by atoms with van der Waals surface area (Å²) >= 11 is 5.43. The van der Waals surface area contributed by atoms with Crippen molar-refractivity contribution in [1.29, 1.82) is 0 Å². The van der Waals surface area contributed by atoms with Crippen molar-refractivity contribution >= 4 is 17.1 Å². The van der Waals surface area contributed by atoms with E-state index in [9.17, 15) is 0 Å². The van der Waals surface area contributed by atoms with E-state index in [0.29, 0.717) is 0 Å². The van der Waals surface area contributed by atoms with Gasteiger partial charge in [0.25, 0.3) is 0 Å². The molecule has 0 atom stereocenters. The molecule has 0 bridgehead atoms. The Balaban J connectivity index is 2.28. The van der Waals surface area contributed by atoms with Crippen LogP contribution in [0.4, 0.5) is 0 Å². The molecular weight excluding hydrogens is 216 g/mol. The van der Waals surface area contributed by atoms with Crippen LogP contribution < -0.4 is 4.74 Å². The summed E-state index contributed by atoms with van der Waals surface area (Å²) in [6.45, 7) is 0. The zero-order chi connectivity index (χ0) is 11.4. The molecule has 0 heterocycles. The van der Waals surface area contributed by atoms with Gasteiger partial charge in [-0.1, -0.05) is 42.5 Å². The molecular formula is C14H12OS. The molecule has 0 aromatic heterocycles. The summed E-state index contributed by atoms with van der Waals surface area (Å²) in [5, 5.41) is 0. The highest BCUT2D eigenvalue weighted by atomic mass is 32.1. The van der Waals surface area contributed by atoms with Crippen molar-refractivity contribution in [2.45, 2.75) is 0 Å². The zero-order valence-electron chi connectivity index (χ0n) is 9.01. The van der Waals surface area contributed by atoms with E-state index in [1.54, 1.807) is 7.11 Å². The Labute approximate surface area is 101 Å². The molecule has 0 fully saturated rings. The van der Waals surface area contributed by atoms with Gasteiger partial charge in [0.15, 0.2) is 0 Å². The number of methoxy groups -OCH3 is 1. The molecule has 16 heavy (non-hydrogen) atoms. The first-order valence-corrected chi connectivity index (χ1v) is 5.46. The molecule has 2 aromatic carbocycles. The number of ether oxygens (including phenoxy) is 1. The standard InChI is InChI=1S/C14H12OS/c1-15-13-9-7-12(8-10-13)14(16)11-5-3-2-4-6-11/h2-10H,1H3. The van der Waals surface area contributed by atoms with Crippen molar-refractivity contribution in [1.82, 2.24) is 0 Å². The Bertz CT molecular complexity index is 474. The van der Waals surface area contributed by atoms with E-state index < -0.39 is 0 Å². The fourth-order valence-corrected chi connectivity index (χ4v) is 1.77. The van der Waals surface area contributed by atoms with Gasteiger partial charge in [-0.25, -0.2) is 0 Å². The number of thiocarbonyl (C=S) groups is 1. The summed E-state index contributed by atoms with van der Waals surface area (Å²) in [5.41, 5.74) is 2.12. The molecule has 0 saturated heterocycles. The highest BCUT2D eigenvalue weighted by Gasteiger charge is 2.03. The summed E-state index contributed by atoms with van der Waals surface area (Å²) in [5.74, 6) is 0.847. The molecule has 2 heteroatoms. The lowest BCUT2D eigenvalue weighted by atomic mass is 10.0. The Morgan fingerprint density at radius 2 is 1.44 bits per heavy atom. The average molecular weight is 228 g/mol. The zero-order valence-corrected chi connectivity index (χ0v) is 9.83. The van der Waals surface area contributed by atoms with E-state index >= 15 is 0 Å². The van der Waals surface area contributed by atoms with Crippen LogP contribution in [0, 0.1) is 0 Å². The third-order valence-corrected chi connectivity index (χ3v) is 2.86. The molecule has 80 valence electrons. The molecule has 0 aliphatic heterocycles. The first kappa shape index (κ1) is 10.8. The topological polar surface area (TPSA) is 9.23 Å². The minimum atomic E-state index is 0.847. The first-order chi connectivity index (χ1) is 7.81. The van der Waals surface area contributed by atoms with Crippen LogP contribution in [0.5, 0.6) is 5.75 Å². The van der Waals surface area contributed by atoms with E-state index in [0.717, 1.165) is 21.7 Å². The van der Waals surface area contributed by atoms with Gasteiger partial charge in [0, 0.05) is 0 Å². The van der Waals surface area contributed by atoms with Gasteiger partial charge in [0.05, 0.1) is 12.0 Å². The summed E-state index contributed by atoms with van der Waals surface area (Å²) < 4.78 is 5.11. The molecule has 0 aliphatic rings. The lowest BCUT2D eigenvalue weighted by Gasteiger charge is -2.05. The van der Waals surface area contributed by atoms with Crippen molar-refractivity contribution < 1.29 is 4.74 Å². The van der Waals surface area contributed by atoms with Gasteiger partial charge in [-0.2, -0.15) is 0 Å². The van der Waals surface area contributed by atoms with Crippen molar-refractivity contribution in [3.05, 3.63) is 65.7 Å². The Kier molecular flexibility index (Phi) is 3.32. The van der Waals surface area contributed by atoms with Gasteiger partial charge >= 0.3 is 0 Å². The van der Waals surface area contributed by atoms with E-state index in [1.165, 1.54) is 0 Å². The molecule has 0 N–H and O–H groups in total. The lowest BCUT2D eigenvalue weighted by molar-refractivity contribution is 0.415. The summed E-state index contributed by atoms with van der Waals surface area (Å²) in [6, 6.07) is 17.8. The second-order valence-corrected chi connectivity index (χ2v) is 3.83. The van der Waals surface area contributed by atoms with Crippen LogP contribution >= 0.6 is 12.2 Å². The minimum Gasteiger partial charge on any atom is -0.497 e. The highest BCUT2D eigenvalue weighted by Crippen LogP contribution is 2.15. The maximum absolute atomic E-state index is 5.43. The average Bonchev–Trinajstić information content (AvgIpc) is 2.39. The fourth-order valence-electron chi connectivity index (χ4n) is 1.50. The molecule has 2 aromatic rings. The largest absolute Gasteiger partial charge is 0.497 e. The van der Waals surface area contributed by atoms with Gasteiger partial charge in [-0.15, -0.1) is 0 Å². The third kappa shape index (κ3) is 2.28. The normalized spacial score (nSPS) is 9.81. The maximum atomic E-state index is 5.43. The van der Waals surface area contributed by atoms with Gasteiger partial charge in [0.2, 0.25) is 0 Å². The Morgan fingerprint density at radius 1 is 0.875 bits per heavy atom. The van der Waals surface area contributed by atoms with Crippen LogP contribution in [0.1, 0.15) is 11.1 Å². The monoisotopic (exact) mass is 228 g/mol. The number of hydrogen-bond donors (Lipinski definition) is 0. The van der Waals surface area contributed by atoms with E-state index in [-0.39, 0.29) is 0 Å². The van der Waals surface area contributed by atoms with Gasteiger partial charge in [-0.05, 0) is 35.4 Å². The quantitative estimate of drug-likeness (QED) is 0.587. The summed E-state index contributed by atoms with van der Waals surface area (Å²) in [4.78, 5) is 0.864. The molecule has 0 aliphatic carbocycles. The highest BCUT2D eigenvalue weighted by molar-refractivity contribution is 7.81. The van der Waals surface area contributed by atoms with Crippen LogP contribution in [0.25, 0.3) is 0 Å². The Morgan fingerprint density at radius 3 is 2.00 bits per heavy atom. The predicted octanol–water partition coefficient (Wildman–Crippen LogP) is 3.46. The number of benzene rings is 2. The molecule has 0 spiro atoms. The fraction of sp³-hybridized carbons (Fsp3) is 0.0714. The van der Waals surface area contributed by atoms with Crippen LogP contribution in [-0.2, 0) is 0 Å². The van der Waals surface area contributed by atoms with Crippen LogP contribution in [0.3, 0.4) is 0 Å². The smallest absolute Gasteiger partial charge is 0.118 e. The molecule has 0 amide bonds. The summed E-state index contributed by atoms with van der Waals surface area (Å²) in [6.07, 6.45) is 0. The third-order valence-electron chi connectivity index (χ3n) is 2.39.